The first kappa shape index (κ1) is 14.1. The predicted octanol–water partition coefficient (Wildman–Crippen LogP) is 2.93. The van der Waals surface area contributed by atoms with Crippen molar-refractivity contribution in [3.8, 4) is 17.6 Å². The van der Waals surface area contributed by atoms with Gasteiger partial charge in [0.25, 0.3) is 0 Å². The molecule has 1 aromatic heterocycles. The minimum absolute atomic E-state index is 0.546. The second-order valence-corrected chi connectivity index (χ2v) is 5.39. The predicted molar refractivity (Wildman–Crippen MR) is 82.3 cm³/mol. The van der Waals surface area contributed by atoms with E-state index in [-0.39, 0.29) is 0 Å². The molecule has 3 rings (SSSR count). The van der Waals surface area contributed by atoms with Crippen LogP contribution in [0.2, 0.25) is 0 Å². The van der Waals surface area contributed by atoms with Crippen LogP contribution in [0.1, 0.15) is 30.7 Å². The molecule has 0 amide bonds. The van der Waals surface area contributed by atoms with Gasteiger partial charge in [0.2, 0.25) is 0 Å². The second kappa shape index (κ2) is 5.15. The Morgan fingerprint density at radius 1 is 1.27 bits per heavy atom. The number of pyridine rings is 1. The average molecular weight is 293 g/mol. The number of hydrogen-bond acceptors (Lipinski definition) is 5. The largest absolute Gasteiger partial charge is 0.494 e. The van der Waals surface area contributed by atoms with Gasteiger partial charge in [-0.15, -0.1) is 0 Å². The summed E-state index contributed by atoms with van der Waals surface area (Å²) in [7, 11) is 1.60. The van der Waals surface area contributed by atoms with Crippen molar-refractivity contribution in [3.05, 3.63) is 53.3 Å². The monoisotopic (exact) mass is 293 g/mol. The molecule has 0 bridgehead atoms. The van der Waals surface area contributed by atoms with Gasteiger partial charge in [0.05, 0.1) is 18.7 Å². The first-order valence-electron chi connectivity index (χ1n) is 6.87. The Kier molecular flexibility index (Phi) is 3.30. The van der Waals surface area contributed by atoms with Crippen molar-refractivity contribution in [2.45, 2.75) is 19.6 Å². The lowest BCUT2D eigenvalue weighted by Crippen LogP contribution is -2.32. The fourth-order valence-electron chi connectivity index (χ4n) is 2.41. The van der Waals surface area contributed by atoms with Gasteiger partial charge in [-0.05, 0) is 44.2 Å². The number of aromatic nitrogens is 1. The summed E-state index contributed by atoms with van der Waals surface area (Å²) in [6.45, 7) is 3.76. The van der Waals surface area contributed by atoms with Crippen LogP contribution >= 0.6 is 0 Å². The molecule has 1 aliphatic rings. The number of nitrogens with zero attached hydrogens (tertiary/aromatic N) is 3. The van der Waals surface area contributed by atoms with Crippen LogP contribution in [0.15, 0.2) is 41.5 Å². The van der Waals surface area contributed by atoms with E-state index in [1.807, 2.05) is 19.9 Å². The summed E-state index contributed by atoms with van der Waals surface area (Å²) in [4.78, 5) is 9.05. The fraction of sp³-hybridized carbons (Fsp3) is 0.235. The fourth-order valence-corrected chi connectivity index (χ4v) is 2.41. The van der Waals surface area contributed by atoms with E-state index < -0.39 is 5.72 Å². The van der Waals surface area contributed by atoms with Crippen molar-refractivity contribution in [1.29, 1.82) is 5.26 Å². The van der Waals surface area contributed by atoms with Crippen LogP contribution < -0.4 is 9.47 Å². The third-order valence-electron chi connectivity index (χ3n) is 3.32. The molecule has 0 saturated heterocycles. The summed E-state index contributed by atoms with van der Waals surface area (Å²) in [5.74, 6) is 1.31. The van der Waals surface area contributed by atoms with Crippen LogP contribution in [0.25, 0.3) is 0 Å². The molecule has 0 unspecified atom stereocenters. The first-order valence-corrected chi connectivity index (χ1v) is 6.87. The summed E-state index contributed by atoms with van der Waals surface area (Å²) in [6, 6.07) is 11.1. The van der Waals surface area contributed by atoms with E-state index in [1.165, 1.54) is 0 Å². The van der Waals surface area contributed by atoms with Gasteiger partial charge in [-0.25, -0.2) is 4.99 Å². The molecular formula is C17H15N3O2. The van der Waals surface area contributed by atoms with Crippen LogP contribution in [0.4, 0.5) is 0 Å². The third-order valence-corrected chi connectivity index (χ3v) is 3.32. The van der Waals surface area contributed by atoms with Crippen molar-refractivity contribution in [2.24, 2.45) is 4.99 Å². The number of fused-ring (bicyclic) bond motifs is 1. The van der Waals surface area contributed by atoms with E-state index in [0.29, 0.717) is 28.5 Å². The van der Waals surface area contributed by atoms with E-state index in [2.05, 4.69) is 16.0 Å². The van der Waals surface area contributed by atoms with Crippen LogP contribution in [0.5, 0.6) is 11.5 Å². The molecule has 0 atom stereocenters. The molecule has 2 heterocycles. The molecule has 0 radical (unpaired) electrons. The molecule has 0 saturated carbocycles. The van der Waals surface area contributed by atoms with Gasteiger partial charge in [-0.1, -0.05) is 0 Å². The second-order valence-electron chi connectivity index (χ2n) is 5.39. The van der Waals surface area contributed by atoms with Crippen molar-refractivity contribution >= 4 is 5.71 Å². The Balaban J connectivity index is 2.25. The summed E-state index contributed by atoms with van der Waals surface area (Å²) in [6.07, 6.45) is 1.69. The van der Waals surface area contributed by atoms with Gasteiger partial charge < -0.3 is 9.47 Å². The Hall–Kier alpha value is -2.87. The topological polar surface area (TPSA) is 67.5 Å². The zero-order valence-electron chi connectivity index (χ0n) is 12.6. The summed E-state index contributed by atoms with van der Waals surface area (Å²) in [5, 5.41) is 9.13. The molecule has 2 aromatic rings. The molecule has 0 spiro atoms. The number of hydrogen-bond donors (Lipinski definition) is 0. The van der Waals surface area contributed by atoms with Gasteiger partial charge in [-0.3, -0.25) is 4.98 Å². The van der Waals surface area contributed by atoms with Crippen molar-refractivity contribution < 1.29 is 9.47 Å². The smallest absolute Gasteiger partial charge is 0.195 e. The zero-order valence-corrected chi connectivity index (χ0v) is 12.6. The molecule has 0 aliphatic carbocycles. The summed E-state index contributed by atoms with van der Waals surface area (Å²) >= 11 is 0. The number of methoxy groups -OCH3 is 1. The van der Waals surface area contributed by atoms with Crippen LogP contribution in [0.3, 0.4) is 0 Å². The molecule has 1 aromatic carbocycles. The van der Waals surface area contributed by atoms with E-state index in [9.17, 15) is 0 Å². The van der Waals surface area contributed by atoms with Gasteiger partial charge >= 0.3 is 0 Å². The zero-order chi connectivity index (χ0) is 15.7. The van der Waals surface area contributed by atoms with Gasteiger partial charge in [0.1, 0.15) is 22.9 Å². The lowest BCUT2D eigenvalue weighted by atomic mass is 10.00. The van der Waals surface area contributed by atoms with Gasteiger partial charge in [0.15, 0.2) is 5.72 Å². The SMILES string of the molecule is COc1cccnc1C1=NC(C)(C)Oc2ccc(C#N)cc21. The molecule has 22 heavy (non-hydrogen) atoms. The Morgan fingerprint density at radius 2 is 2.09 bits per heavy atom. The number of benzene rings is 1. The lowest BCUT2D eigenvalue weighted by molar-refractivity contribution is 0.115. The normalized spacial score (nSPS) is 15.1. The minimum Gasteiger partial charge on any atom is -0.494 e. The van der Waals surface area contributed by atoms with E-state index >= 15 is 0 Å². The van der Waals surface area contributed by atoms with Crippen LogP contribution in [0, 0.1) is 11.3 Å². The first-order chi connectivity index (χ1) is 10.5. The van der Waals surface area contributed by atoms with E-state index in [4.69, 9.17) is 14.7 Å². The average Bonchev–Trinajstić information content (AvgIpc) is 2.53. The summed E-state index contributed by atoms with van der Waals surface area (Å²) < 4.78 is 11.3. The van der Waals surface area contributed by atoms with E-state index in [0.717, 1.165) is 5.56 Å². The quantitative estimate of drug-likeness (QED) is 0.853. The Labute approximate surface area is 128 Å². The minimum atomic E-state index is -0.709. The van der Waals surface area contributed by atoms with Crippen LogP contribution in [-0.2, 0) is 0 Å². The molecule has 5 heteroatoms. The number of nitriles is 1. The van der Waals surface area contributed by atoms with E-state index in [1.54, 1.807) is 37.6 Å². The molecule has 110 valence electrons. The maximum Gasteiger partial charge on any atom is 0.195 e. The highest BCUT2D eigenvalue weighted by Gasteiger charge is 2.30. The van der Waals surface area contributed by atoms with Crippen LogP contribution in [-0.4, -0.2) is 23.5 Å². The molecular weight excluding hydrogens is 278 g/mol. The maximum atomic E-state index is 9.13. The molecule has 1 aliphatic heterocycles. The van der Waals surface area contributed by atoms with Crippen molar-refractivity contribution in [2.75, 3.05) is 7.11 Å². The third kappa shape index (κ3) is 2.40. The highest BCUT2D eigenvalue weighted by Crippen LogP contribution is 2.34. The van der Waals surface area contributed by atoms with Crippen molar-refractivity contribution in [3.63, 3.8) is 0 Å². The lowest BCUT2D eigenvalue weighted by Gasteiger charge is -2.30. The maximum absolute atomic E-state index is 9.13. The van der Waals surface area contributed by atoms with Gasteiger partial charge in [0, 0.05) is 11.8 Å². The Morgan fingerprint density at radius 3 is 2.82 bits per heavy atom. The molecule has 5 nitrogen and oxygen atoms in total. The Bertz CT molecular complexity index is 804. The number of aliphatic imine (C=N–C) groups is 1. The molecule has 0 N–H and O–H groups in total. The van der Waals surface area contributed by atoms with Gasteiger partial charge in [-0.2, -0.15) is 5.26 Å². The summed E-state index contributed by atoms with van der Waals surface area (Å²) in [5.41, 5.74) is 1.89. The highest BCUT2D eigenvalue weighted by atomic mass is 16.5. The number of rotatable bonds is 2. The standard InChI is InChI=1S/C17H15N3O2/c1-17(2)20-15(16-14(21-3)5-4-8-19-16)12-9-11(10-18)6-7-13(12)22-17/h4-9H,1-3H3. The van der Waals surface area contributed by atoms with Crippen molar-refractivity contribution in [1.82, 2.24) is 4.98 Å². The number of ether oxygens (including phenoxy) is 2. The highest BCUT2D eigenvalue weighted by molar-refractivity contribution is 6.15. The molecule has 0 fully saturated rings.